The summed E-state index contributed by atoms with van der Waals surface area (Å²) in [6, 6.07) is 34.0. The van der Waals surface area contributed by atoms with E-state index in [1.54, 1.807) is 0 Å². The van der Waals surface area contributed by atoms with Crippen LogP contribution in [0.25, 0.3) is 6.08 Å². The van der Waals surface area contributed by atoms with E-state index in [1.165, 1.54) is 43.2 Å². The zero-order valence-electron chi connectivity index (χ0n) is 16.8. The number of fused-ring (bicyclic) bond motifs is 11. The van der Waals surface area contributed by atoms with E-state index in [0.717, 1.165) is 4.47 Å². The number of halogens is 1. The molecule has 0 aromatic heterocycles. The Morgan fingerprint density at radius 2 is 1.35 bits per heavy atom. The van der Waals surface area contributed by atoms with Crippen LogP contribution < -0.4 is 0 Å². The summed E-state index contributed by atoms with van der Waals surface area (Å²) in [5, 5.41) is 0. The van der Waals surface area contributed by atoms with Gasteiger partial charge in [0.2, 0.25) is 0 Å². The number of hydrogen-bond donors (Lipinski definition) is 0. The number of rotatable bonds is 0. The van der Waals surface area contributed by atoms with Crippen LogP contribution >= 0.6 is 27.7 Å². The highest BCUT2D eigenvalue weighted by Crippen LogP contribution is 2.66. The molecule has 4 aromatic carbocycles. The zero-order chi connectivity index (χ0) is 20.6. The molecule has 2 aliphatic carbocycles. The maximum Gasteiger partial charge on any atom is 0.0548 e. The highest BCUT2D eigenvalue weighted by Gasteiger charge is 2.57. The van der Waals surface area contributed by atoms with E-state index in [0.29, 0.717) is 11.8 Å². The summed E-state index contributed by atoms with van der Waals surface area (Å²) in [5.41, 5.74) is 8.39. The summed E-state index contributed by atoms with van der Waals surface area (Å²) in [6.45, 7) is 0. The fraction of sp³-hybridized carbons (Fsp3) is 0.103. The third-order valence-electron chi connectivity index (χ3n) is 7.29. The van der Waals surface area contributed by atoms with E-state index in [9.17, 15) is 0 Å². The van der Waals surface area contributed by atoms with E-state index < -0.39 is 0 Å². The van der Waals surface area contributed by atoms with E-state index in [1.807, 2.05) is 11.8 Å². The van der Waals surface area contributed by atoms with Gasteiger partial charge in [0.15, 0.2) is 0 Å². The molecule has 7 rings (SSSR count). The number of allylic oxidation sites excluding steroid dienone is 1. The maximum absolute atomic E-state index is 3.80. The highest BCUT2D eigenvalue weighted by molar-refractivity contribution is 9.10. The van der Waals surface area contributed by atoms with Gasteiger partial charge in [0.25, 0.3) is 0 Å². The summed E-state index contributed by atoms with van der Waals surface area (Å²) in [5.74, 6) is 0.698. The standard InChI is InChI=1S/C29H19BrS/c30-19-14-15-21-25(17-19)29(24-16-13-18-7-1-2-8-20(18)28(21)24)22-9-3-5-11-26(22)31-27-12-6-4-10-23(27)29/h1-17,24,28H. The quantitative estimate of drug-likeness (QED) is 0.246. The van der Waals surface area contributed by atoms with Crippen LogP contribution in [-0.4, -0.2) is 0 Å². The van der Waals surface area contributed by atoms with Crippen LogP contribution in [0.2, 0.25) is 0 Å². The van der Waals surface area contributed by atoms with E-state index in [4.69, 9.17) is 0 Å². The minimum atomic E-state index is -0.188. The lowest BCUT2D eigenvalue weighted by Gasteiger charge is -2.44. The summed E-state index contributed by atoms with van der Waals surface area (Å²) in [7, 11) is 0. The normalized spacial score (nSPS) is 21.1. The molecular weight excluding hydrogens is 460 g/mol. The minimum Gasteiger partial charge on any atom is -0.0894 e. The first kappa shape index (κ1) is 18.1. The van der Waals surface area contributed by atoms with Gasteiger partial charge in [0, 0.05) is 26.1 Å². The topological polar surface area (TPSA) is 0 Å². The molecule has 1 spiro atoms. The molecule has 2 heteroatoms. The highest BCUT2D eigenvalue weighted by atomic mass is 79.9. The van der Waals surface area contributed by atoms with Crippen LogP contribution in [0.3, 0.4) is 0 Å². The molecule has 148 valence electrons. The Labute approximate surface area is 195 Å². The van der Waals surface area contributed by atoms with Crippen molar-refractivity contribution in [2.24, 2.45) is 5.92 Å². The molecule has 0 saturated carbocycles. The summed E-state index contributed by atoms with van der Waals surface area (Å²) in [4.78, 5) is 2.75. The molecule has 0 amide bonds. The maximum atomic E-state index is 3.80. The van der Waals surface area contributed by atoms with Crippen LogP contribution in [0.5, 0.6) is 0 Å². The monoisotopic (exact) mass is 478 g/mol. The Bertz CT molecular complexity index is 1350. The predicted octanol–water partition coefficient (Wildman–Crippen LogP) is 8.04. The van der Waals surface area contributed by atoms with Crippen molar-refractivity contribution in [2.75, 3.05) is 0 Å². The van der Waals surface area contributed by atoms with Gasteiger partial charge in [-0.15, -0.1) is 0 Å². The third kappa shape index (κ3) is 2.27. The van der Waals surface area contributed by atoms with E-state index in [2.05, 4.69) is 119 Å². The third-order valence-corrected chi connectivity index (χ3v) is 8.94. The molecule has 2 atom stereocenters. The molecule has 0 fully saturated rings. The van der Waals surface area contributed by atoms with Crippen molar-refractivity contribution < 1.29 is 0 Å². The lowest BCUT2D eigenvalue weighted by molar-refractivity contribution is 0.437. The fourth-order valence-corrected chi connectivity index (χ4v) is 7.78. The average molecular weight is 479 g/mol. The van der Waals surface area contributed by atoms with Crippen LogP contribution in [0.1, 0.15) is 39.3 Å². The lowest BCUT2D eigenvalue weighted by atomic mass is 9.61. The van der Waals surface area contributed by atoms with Gasteiger partial charge in [0.05, 0.1) is 5.41 Å². The van der Waals surface area contributed by atoms with Gasteiger partial charge in [-0.05, 0) is 57.6 Å². The molecule has 0 nitrogen and oxygen atoms in total. The molecule has 2 unspecified atom stereocenters. The molecule has 4 aromatic rings. The molecule has 1 heterocycles. The van der Waals surface area contributed by atoms with Gasteiger partial charge in [-0.1, -0.05) is 107 Å². The molecule has 0 radical (unpaired) electrons. The van der Waals surface area contributed by atoms with Crippen LogP contribution in [0, 0.1) is 5.92 Å². The molecule has 0 bridgehead atoms. The Morgan fingerprint density at radius 3 is 2.13 bits per heavy atom. The fourth-order valence-electron chi connectivity index (χ4n) is 6.21. The summed E-state index contributed by atoms with van der Waals surface area (Å²) < 4.78 is 1.15. The number of hydrogen-bond acceptors (Lipinski definition) is 1. The van der Waals surface area contributed by atoms with E-state index in [-0.39, 0.29) is 5.41 Å². The van der Waals surface area contributed by atoms with Crippen LogP contribution in [0.15, 0.2) is 111 Å². The van der Waals surface area contributed by atoms with Gasteiger partial charge in [-0.25, -0.2) is 0 Å². The van der Waals surface area contributed by atoms with Gasteiger partial charge in [0.1, 0.15) is 0 Å². The van der Waals surface area contributed by atoms with Gasteiger partial charge >= 0.3 is 0 Å². The lowest BCUT2D eigenvalue weighted by Crippen LogP contribution is -2.38. The molecule has 0 saturated heterocycles. The molecule has 1 aliphatic heterocycles. The van der Waals surface area contributed by atoms with Crippen molar-refractivity contribution in [3.63, 3.8) is 0 Å². The first-order valence-corrected chi connectivity index (χ1v) is 12.3. The molecule has 3 aliphatic rings. The summed E-state index contributed by atoms with van der Waals surface area (Å²) >= 11 is 5.71. The first-order chi connectivity index (χ1) is 15.3. The molecule has 31 heavy (non-hydrogen) atoms. The van der Waals surface area contributed by atoms with E-state index >= 15 is 0 Å². The average Bonchev–Trinajstić information content (AvgIpc) is 3.10. The SMILES string of the molecule is Brc1ccc2c(c1)C1(c3ccccc3Sc3ccccc31)C1C=Cc3ccccc3C21. The van der Waals surface area contributed by atoms with Gasteiger partial charge in [-0.2, -0.15) is 0 Å². The van der Waals surface area contributed by atoms with Gasteiger partial charge < -0.3 is 0 Å². The van der Waals surface area contributed by atoms with Crippen molar-refractivity contribution in [1.82, 2.24) is 0 Å². The van der Waals surface area contributed by atoms with Gasteiger partial charge in [-0.3, -0.25) is 0 Å². The molecular formula is C29H19BrS. The Hall–Kier alpha value is -2.55. The first-order valence-electron chi connectivity index (χ1n) is 10.7. The predicted molar refractivity (Wildman–Crippen MR) is 132 cm³/mol. The Balaban J connectivity index is 1.65. The van der Waals surface area contributed by atoms with Crippen molar-refractivity contribution in [3.05, 3.63) is 135 Å². The van der Waals surface area contributed by atoms with Crippen LogP contribution in [0.4, 0.5) is 0 Å². The van der Waals surface area contributed by atoms with Crippen LogP contribution in [-0.2, 0) is 5.41 Å². The number of benzene rings is 4. The minimum absolute atomic E-state index is 0.188. The summed E-state index contributed by atoms with van der Waals surface area (Å²) in [6.07, 6.45) is 4.84. The second kappa shape index (κ2) is 6.48. The Kier molecular flexibility index (Phi) is 3.77. The van der Waals surface area contributed by atoms with Crippen molar-refractivity contribution >= 4 is 33.8 Å². The van der Waals surface area contributed by atoms with Crippen molar-refractivity contribution in [2.45, 2.75) is 21.1 Å². The molecule has 0 N–H and O–H groups in total. The zero-order valence-corrected chi connectivity index (χ0v) is 19.2. The smallest absolute Gasteiger partial charge is 0.0548 e. The van der Waals surface area contributed by atoms with Crippen molar-refractivity contribution in [1.29, 1.82) is 0 Å². The Morgan fingerprint density at radius 1 is 0.677 bits per heavy atom. The largest absolute Gasteiger partial charge is 0.0894 e. The second-order valence-corrected chi connectivity index (χ2v) is 10.6. The second-order valence-electron chi connectivity index (χ2n) is 8.63. The van der Waals surface area contributed by atoms with Crippen molar-refractivity contribution in [3.8, 4) is 0 Å².